The Morgan fingerprint density at radius 2 is 1.94 bits per heavy atom. The molecule has 0 bridgehead atoms. The van der Waals surface area contributed by atoms with Gasteiger partial charge in [-0.3, -0.25) is 9.78 Å². The van der Waals surface area contributed by atoms with Crippen molar-refractivity contribution in [2.75, 3.05) is 0 Å². The molecule has 4 aromatic rings. The fourth-order valence-corrected chi connectivity index (χ4v) is 3.94. The molecule has 13 heteroatoms. The van der Waals surface area contributed by atoms with E-state index in [-0.39, 0.29) is 29.9 Å². The van der Waals surface area contributed by atoms with Gasteiger partial charge in [0.15, 0.2) is 5.13 Å². The topological polar surface area (TPSA) is 104 Å². The summed E-state index contributed by atoms with van der Waals surface area (Å²) < 4.78 is 43.1. The number of thiazole rings is 1. The maximum atomic E-state index is 12.8. The summed E-state index contributed by atoms with van der Waals surface area (Å²) in [5.41, 5.74) is 1.20. The van der Waals surface area contributed by atoms with E-state index in [2.05, 4.69) is 25.1 Å². The Morgan fingerprint density at radius 1 is 1.18 bits per heavy atom. The molecule has 4 rings (SSSR count). The number of nitrogens with one attached hydrogen (secondary N) is 1. The number of halogens is 3. The summed E-state index contributed by atoms with van der Waals surface area (Å²) in [6.07, 6.45) is -1.87. The molecule has 0 fully saturated rings. The summed E-state index contributed by atoms with van der Waals surface area (Å²) in [7, 11) is 0. The van der Waals surface area contributed by atoms with Crippen molar-refractivity contribution in [1.29, 1.82) is 0 Å². The van der Waals surface area contributed by atoms with Crippen LogP contribution in [-0.4, -0.2) is 36.6 Å². The summed E-state index contributed by atoms with van der Waals surface area (Å²) in [6.45, 7) is 1.94. The molecule has 0 saturated heterocycles. The normalized spacial score (nSPS) is 11.4. The molecule has 0 atom stereocenters. The van der Waals surface area contributed by atoms with Crippen LogP contribution >= 0.6 is 11.3 Å². The summed E-state index contributed by atoms with van der Waals surface area (Å²) in [4.78, 5) is 34.2. The molecule has 0 unspecified atom stereocenters. The lowest BCUT2D eigenvalue weighted by Gasteiger charge is -2.09. The highest BCUT2D eigenvalue weighted by molar-refractivity contribution is 7.16. The van der Waals surface area contributed by atoms with E-state index in [1.807, 2.05) is 6.07 Å². The molecule has 0 aliphatic heterocycles. The molecule has 0 aliphatic rings. The van der Waals surface area contributed by atoms with Crippen molar-refractivity contribution in [3.8, 4) is 10.9 Å². The van der Waals surface area contributed by atoms with E-state index < -0.39 is 12.1 Å². The Bertz CT molecular complexity index is 1350. The summed E-state index contributed by atoms with van der Waals surface area (Å²) in [6, 6.07) is 10.5. The van der Waals surface area contributed by atoms with Crippen LogP contribution in [0, 0.1) is 6.92 Å². The number of benzene rings is 1. The van der Waals surface area contributed by atoms with Gasteiger partial charge in [0, 0.05) is 6.20 Å². The summed E-state index contributed by atoms with van der Waals surface area (Å²) in [5.74, 6) is -0.699. The molecule has 0 aliphatic carbocycles. The number of nitrogens with zero attached hydrogens (tertiary/aromatic N) is 5. The predicted molar refractivity (Wildman–Crippen MR) is 116 cm³/mol. The Morgan fingerprint density at radius 3 is 2.62 bits per heavy atom. The Hall–Kier alpha value is -4.00. The van der Waals surface area contributed by atoms with Crippen LogP contribution in [0.15, 0.2) is 59.8 Å². The van der Waals surface area contributed by atoms with Gasteiger partial charge in [-0.2, -0.15) is 5.10 Å². The van der Waals surface area contributed by atoms with Crippen LogP contribution < -0.4 is 15.7 Å². The number of carbonyl (C=O) groups excluding carboxylic acids is 1. The number of hydrogen-bond acceptors (Lipinski definition) is 7. The van der Waals surface area contributed by atoms with Crippen LogP contribution in [0.3, 0.4) is 0 Å². The van der Waals surface area contributed by atoms with E-state index in [4.69, 9.17) is 0 Å². The molecule has 1 aromatic carbocycles. The molecule has 34 heavy (non-hydrogen) atoms. The number of alkyl halides is 3. The highest BCUT2D eigenvalue weighted by Gasteiger charge is 2.31. The van der Waals surface area contributed by atoms with Gasteiger partial charge in [-0.25, -0.2) is 19.0 Å². The average molecular weight is 490 g/mol. The van der Waals surface area contributed by atoms with E-state index in [9.17, 15) is 22.8 Å². The monoisotopic (exact) mass is 490 g/mol. The molecule has 0 radical (unpaired) electrons. The number of carbonyl (C=O) groups is 1. The van der Waals surface area contributed by atoms with E-state index in [0.717, 1.165) is 28.2 Å². The zero-order valence-electron chi connectivity index (χ0n) is 17.6. The van der Waals surface area contributed by atoms with Gasteiger partial charge in [-0.15, -0.1) is 13.2 Å². The van der Waals surface area contributed by atoms with Gasteiger partial charge in [-0.05, 0) is 36.8 Å². The molecule has 0 spiro atoms. The number of rotatable bonds is 7. The van der Waals surface area contributed by atoms with Crippen molar-refractivity contribution < 1.29 is 22.7 Å². The third-order valence-electron chi connectivity index (χ3n) is 4.58. The smallest absolute Gasteiger partial charge is 0.406 e. The first-order valence-corrected chi connectivity index (χ1v) is 10.7. The Balaban J connectivity index is 1.46. The quantitative estimate of drug-likeness (QED) is 0.427. The second kappa shape index (κ2) is 9.47. The van der Waals surface area contributed by atoms with E-state index in [1.54, 1.807) is 25.3 Å². The number of hydrogen-bond donors (Lipinski definition) is 1. The van der Waals surface area contributed by atoms with Gasteiger partial charge >= 0.3 is 12.1 Å². The average Bonchev–Trinajstić information content (AvgIpc) is 3.35. The Labute approximate surface area is 194 Å². The second-order valence-electron chi connectivity index (χ2n) is 7.05. The van der Waals surface area contributed by atoms with Gasteiger partial charge in [0.25, 0.3) is 5.91 Å². The highest BCUT2D eigenvalue weighted by atomic mass is 32.1. The van der Waals surface area contributed by atoms with Gasteiger partial charge in [0.05, 0.1) is 24.5 Å². The predicted octanol–water partition coefficient (Wildman–Crippen LogP) is 3.07. The molecule has 3 aromatic heterocycles. The van der Waals surface area contributed by atoms with Crippen molar-refractivity contribution >= 4 is 17.2 Å². The number of amides is 1. The fourth-order valence-electron chi connectivity index (χ4n) is 3.00. The summed E-state index contributed by atoms with van der Waals surface area (Å²) in [5, 5.41) is 7.08. The molecule has 176 valence electrons. The SMILES string of the molecule is Cc1nc(-n2cnn(Cc3ccc(OC(F)(F)F)cc3)c2=O)sc1C(=O)NCc1ccccn1. The van der Waals surface area contributed by atoms with Crippen molar-refractivity contribution in [2.45, 2.75) is 26.4 Å². The largest absolute Gasteiger partial charge is 0.573 e. The zero-order valence-corrected chi connectivity index (χ0v) is 18.4. The number of ether oxygens (including phenoxy) is 1. The second-order valence-corrected chi connectivity index (χ2v) is 8.03. The molecule has 1 amide bonds. The van der Waals surface area contributed by atoms with Crippen LogP contribution in [0.4, 0.5) is 13.2 Å². The molecule has 1 N–H and O–H groups in total. The van der Waals surface area contributed by atoms with E-state index >= 15 is 0 Å². The maximum Gasteiger partial charge on any atom is 0.573 e. The first kappa shape index (κ1) is 23.2. The molecular weight excluding hydrogens is 473 g/mol. The molecular formula is C21H17F3N6O3S. The van der Waals surface area contributed by atoms with E-state index in [1.165, 1.54) is 23.0 Å². The van der Waals surface area contributed by atoms with Gasteiger partial charge in [0.2, 0.25) is 0 Å². The standard InChI is InChI=1S/C21H17F3N6O3S/c1-13-17(18(31)26-10-15-4-2-3-9-25-15)34-19(28-13)29-12-27-30(20(29)32)11-14-5-7-16(8-6-14)33-21(22,23)24/h2-9,12H,10-11H2,1H3,(H,26,31). The van der Waals surface area contributed by atoms with E-state index in [0.29, 0.717) is 21.8 Å². The third kappa shape index (κ3) is 5.49. The van der Waals surface area contributed by atoms with Crippen LogP contribution in [0.2, 0.25) is 0 Å². The maximum absolute atomic E-state index is 12.8. The molecule has 9 nitrogen and oxygen atoms in total. The lowest BCUT2D eigenvalue weighted by molar-refractivity contribution is -0.274. The van der Waals surface area contributed by atoms with Gasteiger partial charge in [0.1, 0.15) is 17.0 Å². The van der Waals surface area contributed by atoms with Crippen LogP contribution in [-0.2, 0) is 13.1 Å². The number of aryl methyl sites for hydroxylation is 1. The van der Waals surface area contributed by atoms with Crippen LogP contribution in [0.5, 0.6) is 5.75 Å². The van der Waals surface area contributed by atoms with Gasteiger partial charge in [-0.1, -0.05) is 29.5 Å². The van der Waals surface area contributed by atoms with Crippen LogP contribution in [0.25, 0.3) is 5.13 Å². The van der Waals surface area contributed by atoms with Crippen molar-refractivity contribution in [3.05, 3.63) is 87.3 Å². The number of pyridine rings is 1. The minimum Gasteiger partial charge on any atom is -0.406 e. The summed E-state index contributed by atoms with van der Waals surface area (Å²) >= 11 is 1.04. The minimum absolute atomic E-state index is 0.0277. The first-order chi connectivity index (χ1) is 16.2. The Kier molecular flexibility index (Phi) is 6.45. The molecule has 0 saturated carbocycles. The highest BCUT2D eigenvalue weighted by Crippen LogP contribution is 2.23. The molecule has 3 heterocycles. The van der Waals surface area contributed by atoms with Crippen molar-refractivity contribution in [3.63, 3.8) is 0 Å². The first-order valence-electron chi connectivity index (χ1n) is 9.84. The third-order valence-corrected chi connectivity index (χ3v) is 5.73. The lowest BCUT2D eigenvalue weighted by Crippen LogP contribution is -2.24. The van der Waals surface area contributed by atoms with Gasteiger partial charge < -0.3 is 10.1 Å². The minimum atomic E-state index is -4.78. The lowest BCUT2D eigenvalue weighted by atomic mass is 10.2. The fraction of sp³-hybridized carbons (Fsp3) is 0.190. The zero-order chi connectivity index (χ0) is 24.3. The van der Waals surface area contributed by atoms with Crippen molar-refractivity contribution in [2.24, 2.45) is 0 Å². The number of aromatic nitrogens is 5. The van der Waals surface area contributed by atoms with Crippen molar-refractivity contribution in [1.82, 2.24) is 29.6 Å². The van der Waals surface area contributed by atoms with Crippen LogP contribution in [0.1, 0.15) is 26.6 Å².